The molecule has 1 unspecified atom stereocenters. The number of hydrogen-bond donors (Lipinski definition) is 0. The van der Waals surface area contributed by atoms with Gasteiger partial charge in [0, 0.05) is 0 Å². The van der Waals surface area contributed by atoms with E-state index in [4.69, 9.17) is 18.9 Å². The lowest BCUT2D eigenvalue weighted by atomic mass is 9.64. The Kier molecular flexibility index (Phi) is 6.25. The highest BCUT2D eigenvalue weighted by atomic mass is 16.8. The van der Waals surface area contributed by atoms with Crippen molar-refractivity contribution in [3.05, 3.63) is 0 Å². The first-order valence-electron chi connectivity index (χ1n) is 10.1. The van der Waals surface area contributed by atoms with Crippen LogP contribution in [0.15, 0.2) is 0 Å². The van der Waals surface area contributed by atoms with Gasteiger partial charge in [0.25, 0.3) is 0 Å². The highest BCUT2D eigenvalue weighted by Gasteiger charge is 2.49. The van der Waals surface area contributed by atoms with Crippen LogP contribution in [-0.4, -0.2) is 38.0 Å². The molecule has 2 rings (SSSR count). The Bertz CT molecular complexity index is 426. The summed E-state index contributed by atoms with van der Waals surface area (Å²) >= 11 is 0. The van der Waals surface area contributed by atoms with Crippen molar-refractivity contribution in [3.8, 4) is 0 Å². The maximum absolute atomic E-state index is 6.02. The zero-order chi connectivity index (χ0) is 20.0. The molecule has 4 atom stereocenters. The summed E-state index contributed by atoms with van der Waals surface area (Å²) in [5.74, 6) is 0. The summed E-state index contributed by atoms with van der Waals surface area (Å²) in [6.45, 7) is 23.7. The molecule has 4 heteroatoms. The van der Waals surface area contributed by atoms with Gasteiger partial charge in [0.15, 0.2) is 0 Å². The summed E-state index contributed by atoms with van der Waals surface area (Å²) in [5, 5.41) is 0. The van der Waals surface area contributed by atoms with Crippen LogP contribution in [0.3, 0.4) is 0 Å². The molecule has 0 spiro atoms. The van der Waals surface area contributed by atoms with Crippen molar-refractivity contribution >= 4 is 0 Å². The summed E-state index contributed by atoms with van der Waals surface area (Å²) in [6, 6.07) is 0. The second kappa shape index (κ2) is 7.35. The van der Waals surface area contributed by atoms with Crippen molar-refractivity contribution in [2.45, 2.75) is 106 Å². The molecule has 0 saturated carbocycles. The van der Waals surface area contributed by atoms with Crippen LogP contribution in [0.2, 0.25) is 0 Å². The smallest absolute Gasteiger partial charge is 0.147 e. The standard InChI is InChI=1S/C22H42O4/c1-19(2,3)21(7,8)11-15-17-18(26-13-23-15)16(24-14-25-17)12-22(9,10)20(4,5)6/h15-18H,11-14H2,1-10H3/t15-,16?,17-,18-/m1/s1. The van der Waals surface area contributed by atoms with Gasteiger partial charge >= 0.3 is 0 Å². The third-order valence-electron chi connectivity index (χ3n) is 7.63. The monoisotopic (exact) mass is 370 g/mol. The lowest BCUT2D eigenvalue weighted by Gasteiger charge is -2.50. The highest BCUT2D eigenvalue weighted by Crippen LogP contribution is 2.46. The third kappa shape index (κ3) is 4.63. The van der Waals surface area contributed by atoms with Crippen molar-refractivity contribution in [1.82, 2.24) is 0 Å². The predicted molar refractivity (Wildman–Crippen MR) is 105 cm³/mol. The third-order valence-corrected chi connectivity index (χ3v) is 7.63. The average molecular weight is 371 g/mol. The summed E-state index contributed by atoms with van der Waals surface area (Å²) in [4.78, 5) is 0. The summed E-state index contributed by atoms with van der Waals surface area (Å²) in [6.07, 6.45) is 1.89. The Morgan fingerprint density at radius 1 is 0.538 bits per heavy atom. The maximum atomic E-state index is 6.02. The number of hydrogen-bond acceptors (Lipinski definition) is 4. The van der Waals surface area contributed by atoms with Gasteiger partial charge in [0.1, 0.15) is 25.8 Å². The van der Waals surface area contributed by atoms with Crippen LogP contribution in [-0.2, 0) is 18.9 Å². The van der Waals surface area contributed by atoms with E-state index >= 15 is 0 Å². The topological polar surface area (TPSA) is 36.9 Å². The van der Waals surface area contributed by atoms with Gasteiger partial charge < -0.3 is 18.9 Å². The van der Waals surface area contributed by atoms with E-state index in [0.29, 0.717) is 13.6 Å². The first kappa shape index (κ1) is 22.1. The van der Waals surface area contributed by atoms with E-state index in [2.05, 4.69) is 69.2 Å². The van der Waals surface area contributed by atoms with E-state index < -0.39 is 0 Å². The lowest BCUT2D eigenvalue weighted by molar-refractivity contribution is -0.330. The van der Waals surface area contributed by atoms with Crippen LogP contribution >= 0.6 is 0 Å². The van der Waals surface area contributed by atoms with Gasteiger partial charge in [-0.2, -0.15) is 0 Å². The van der Waals surface area contributed by atoms with Gasteiger partial charge in [0.2, 0.25) is 0 Å². The van der Waals surface area contributed by atoms with E-state index in [1.54, 1.807) is 0 Å². The molecule has 26 heavy (non-hydrogen) atoms. The lowest BCUT2D eigenvalue weighted by Crippen LogP contribution is -2.59. The molecular formula is C22H42O4. The molecule has 2 saturated heterocycles. The second-order valence-corrected chi connectivity index (χ2v) is 11.6. The van der Waals surface area contributed by atoms with Crippen LogP contribution in [0.25, 0.3) is 0 Å². The first-order chi connectivity index (χ1) is 11.7. The van der Waals surface area contributed by atoms with Crippen molar-refractivity contribution in [1.29, 1.82) is 0 Å². The fraction of sp³-hybridized carbons (Fsp3) is 1.00. The predicted octanol–water partition coefficient (Wildman–Crippen LogP) is 5.39. The molecular weight excluding hydrogens is 328 g/mol. The maximum Gasteiger partial charge on any atom is 0.147 e. The highest BCUT2D eigenvalue weighted by molar-refractivity contribution is 4.96. The molecule has 0 amide bonds. The Balaban J connectivity index is 2.13. The molecule has 4 nitrogen and oxygen atoms in total. The molecule has 0 aliphatic carbocycles. The molecule has 0 bridgehead atoms. The zero-order valence-electron chi connectivity index (χ0n) is 18.8. The van der Waals surface area contributed by atoms with Crippen LogP contribution in [0, 0.1) is 21.7 Å². The van der Waals surface area contributed by atoms with E-state index in [9.17, 15) is 0 Å². The number of ether oxygens (including phenoxy) is 4. The molecule has 0 aromatic rings. The summed E-state index contributed by atoms with van der Waals surface area (Å²) < 4.78 is 24.1. The largest absolute Gasteiger partial charge is 0.349 e. The van der Waals surface area contributed by atoms with Crippen molar-refractivity contribution in [2.24, 2.45) is 21.7 Å². The van der Waals surface area contributed by atoms with Gasteiger partial charge in [-0.3, -0.25) is 0 Å². The van der Waals surface area contributed by atoms with Crippen molar-refractivity contribution < 1.29 is 18.9 Å². The fourth-order valence-electron chi connectivity index (χ4n) is 3.40. The Hall–Kier alpha value is -0.160. The zero-order valence-corrected chi connectivity index (χ0v) is 18.8. The van der Waals surface area contributed by atoms with E-state index in [1.165, 1.54) is 0 Å². The van der Waals surface area contributed by atoms with Gasteiger partial charge in [-0.15, -0.1) is 0 Å². The molecule has 0 N–H and O–H groups in total. The Morgan fingerprint density at radius 2 is 0.846 bits per heavy atom. The van der Waals surface area contributed by atoms with E-state index in [1.807, 2.05) is 0 Å². The minimum absolute atomic E-state index is 0.0483. The first-order valence-corrected chi connectivity index (χ1v) is 10.1. The molecule has 154 valence electrons. The van der Waals surface area contributed by atoms with Gasteiger partial charge in [0.05, 0.1) is 12.2 Å². The molecule has 2 heterocycles. The van der Waals surface area contributed by atoms with Gasteiger partial charge in [-0.25, -0.2) is 0 Å². The number of rotatable bonds is 4. The second-order valence-electron chi connectivity index (χ2n) is 11.6. The van der Waals surface area contributed by atoms with Crippen LogP contribution in [0.5, 0.6) is 0 Å². The molecule has 2 aliphatic heterocycles. The molecule has 2 aliphatic rings. The van der Waals surface area contributed by atoms with Crippen molar-refractivity contribution in [3.63, 3.8) is 0 Å². The van der Waals surface area contributed by atoms with Gasteiger partial charge in [-0.05, 0) is 34.5 Å². The summed E-state index contributed by atoms with van der Waals surface area (Å²) in [7, 11) is 0. The SMILES string of the molecule is CC(C)(C)C(C)(C)CC1OCO[C@H]2[C@@H]1OCO[C@@H]2CC(C)(C)C(C)(C)C. The normalized spacial score (nSPS) is 31.6. The average Bonchev–Trinajstić information content (AvgIpc) is 2.45. The Morgan fingerprint density at radius 3 is 1.12 bits per heavy atom. The summed E-state index contributed by atoms with van der Waals surface area (Å²) in [5.41, 5.74) is 0.675. The fourth-order valence-corrected chi connectivity index (χ4v) is 3.40. The van der Waals surface area contributed by atoms with Crippen LogP contribution in [0.1, 0.15) is 82.1 Å². The van der Waals surface area contributed by atoms with E-state index in [-0.39, 0.29) is 46.1 Å². The number of fused-ring (bicyclic) bond motifs is 1. The van der Waals surface area contributed by atoms with Crippen LogP contribution in [0.4, 0.5) is 0 Å². The van der Waals surface area contributed by atoms with Gasteiger partial charge in [-0.1, -0.05) is 69.2 Å². The minimum atomic E-state index is -0.0557. The van der Waals surface area contributed by atoms with Crippen LogP contribution < -0.4 is 0 Å². The van der Waals surface area contributed by atoms with Crippen molar-refractivity contribution in [2.75, 3.05) is 13.6 Å². The Labute approximate surface area is 161 Å². The quantitative estimate of drug-likeness (QED) is 0.664. The van der Waals surface area contributed by atoms with E-state index in [0.717, 1.165) is 12.8 Å². The molecule has 0 radical (unpaired) electrons. The molecule has 2 fully saturated rings. The molecule has 0 aromatic carbocycles. The molecule has 0 aromatic heterocycles. The minimum Gasteiger partial charge on any atom is -0.349 e.